The van der Waals surface area contributed by atoms with Gasteiger partial charge in [-0.1, -0.05) is 0 Å². The predicted molar refractivity (Wildman–Crippen MR) is 26.6 cm³/mol. The average molecular weight is 112 g/mol. The van der Waals surface area contributed by atoms with Crippen molar-refractivity contribution in [1.29, 1.82) is 1.43 Å². The van der Waals surface area contributed by atoms with Gasteiger partial charge in [0.1, 0.15) is 0 Å². The Hall–Kier alpha value is 0.270. The first-order chi connectivity index (χ1) is 3.91. The third kappa shape index (κ3) is 4.27. The Morgan fingerprint density at radius 2 is 3.33 bits per heavy atom. The van der Waals surface area contributed by atoms with Crippen LogP contribution in [0.2, 0.25) is 0 Å². The Labute approximate surface area is 44.6 Å². The van der Waals surface area contributed by atoms with Crippen molar-refractivity contribution in [3.8, 4) is 0 Å². The molecule has 2 nitrogen and oxygen atoms in total. The van der Waals surface area contributed by atoms with E-state index in [0.29, 0.717) is 6.61 Å². The molecular weight excluding hydrogens is 100 g/mol. The molecule has 0 fully saturated rings. The Balaban J connectivity index is 2.53. The van der Waals surface area contributed by atoms with Gasteiger partial charge in [0.2, 0.25) is 1.43 Å². The van der Waals surface area contributed by atoms with Gasteiger partial charge in [0, 0.05) is 7.60 Å². The van der Waals surface area contributed by atoms with Crippen LogP contribution >= 0.6 is 12.0 Å². The molecule has 0 aromatic heterocycles. The molecule has 0 radical (unpaired) electrons. The molecule has 0 spiro atoms. The monoisotopic (exact) mass is 112 g/mol. The Morgan fingerprint density at radius 1 is 2.33 bits per heavy atom. The Bertz CT molecular complexity index is 40.3. The molecule has 3 heteroatoms. The fourth-order valence-corrected chi connectivity index (χ4v) is 0.279. The third-order valence-electron chi connectivity index (χ3n) is 0.250. The molecular formula is C3H8O2S. The van der Waals surface area contributed by atoms with Crippen molar-refractivity contribution in [3.05, 3.63) is 0 Å². The first-order valence-electron chi connectivity index (χ1n) is 2.65. The fourth-order valence-electron chi connectivity index (χ4n) is 0.0929. The molecule has 1 N–H and O–H groups in total. The van der Waals surface area contributed by atoms with Crippen LogP contribution in [0.1, 0.15) is 1.37 Å². The van der Waals surface area contributed by atoms with E-state index >= 15 is 0 Å². The van der Waals surface area contributed by atoms with Crippen molar-refractivity contribution in [2.45, 2.75) is 0 Å². The van der Waals surface area contributed by atoms with Gasteiger partial charge in [-0.05, 0) is 12.0 Å². The fraction of sp³-hybridized carbons (Fsp3) is 1.00. The topological polar surface area (TPSA) is 29.5 Å². The molecule has 0 heterocycles. The molecule has 0 rings (SSSR count). The number of rotatable bonds is 4. The lowest BCUT2D eigenvalue weighted by molar-refractivity contribution is 0.221. The average Bonchev–Trinajstić information content (AvgIpc) is 1.81. The van der Waals surface area contributed by atoms with Gasteiger partial charge < -0.3 is 9.29 Å². The second-order valence-corrected chi connectivity index (χ2v) is 1.12. The van der Waals surface area contributed by atoms with Gasteiger partial charge in [0.25, 0.3) is 0 Å². The molecule has 38 valence electrons. The van der Waals surface area contributed by atoms with Crippen LogP contribution in [0, 0.1) is 0 Å². The summed E-state index contributed by atoms with van der Waals surface area (Å²) in [6.45, 7) is 0.653. The standard InChI is InChI=1S/C3H8O2S/c1-6-5-3-2-4/h4H,2-3H2,1H3/i1T,4T. The zero-order valence-electron chi connectivity index (χ0n) is 5.35. The summed E-state index contributed by atoms with van der Waals surface area (Å²) in [5.74, 6) is 0. The van der Waals surface area contributed by atoms with Gasteiger partial charge >= 0.3 is 0 Å². The summed E-state index contributed by atoms with van der Waals surface area (Å²) in [6.07, 6.45) is 0.192. The van der Waals surface area contributed by atoms with Gasteiger partial charge in [-0.3, -0.25) is 0 Å². The van der Waals surface area contributed by atoms with Crippen LogP contribution in [-0.2, 0) is 4.18 Å². The highest BCUT2D eigenvalue weighted by Crippen LogP contribution is 1.90. The first kappa shape index (κ1) is 3.29. The van der Waals surface area contributed by atoms with Gasteiger partial charge in [0.05, 0.1) is 13.2 Å². The van der Waals surface area contributed by atoms with E-state index < -0.39 is 0 Å². The van der Waals surface area contributed by atoms with Crippen molar-refractivity contribution in [1.82, 2.24) is 0 Å². The van der Waals surface area contributed by atoms with E-state index in [-0.39, 0.29) is 12.8 Å². The lowest BCUT2D eigenvalue weighted by atomic mass is 10.8. The smallest absolute Gasteiger partial charge is 0.210 e. The summed E-state index contributed by atoms with van der Waals surface area (Å²) in [7, 11) is 0. The normalized spacial score (nSPS) is 13.3. The van der Waals surface area contributed by atoms with Crippen LogP contribution in [-0.4, -0.2) is 26.0 Å². The molecule has 0 aromatic rings. The number of aliphatic hydroxyl groups is 1. The van der Waals surface area contributed by atoms with Crippen LogP contribution < -0.4 is 0 Å². The molecule has 0 aliphatic rings. The summed E-state index contributed by atoms with van der Waals surface area (Å²) >= 11 is 1.05. The largest absolute Gasteiger partial charge is 0.394 e. The molecule has 0 atom stereocenters. The van der Waals surface area contributed by atoms with Crippen molar-refractivity contribution in [2.24, 2.45) is 0 Å². The Kier molecular flexibility index (Phi) is 2.89. The van der Waals surface area contributed by atoms with E-state index in [1.54, 1.807) is 0 Å². The van der Waals surface area contributed by atoms with Crippen LogP contribution in [0.15, 0.2) is 0 Å². The number of hydrogen-bond acceptors (Lipinski definition) is 3. The minimum atomic E-state index is 0.192. The highest BCUT2D eigenvalue weighted by molar-refractivity contribution is 7.93. The summed E-state index contributed by atoms with van der Waals surface area (Å²) in [5, 5.41) is 3.94. The third-order valence-corrected chi connectivity index (χ3v) is 0.583. The minimum absolute atomic E-state index is 0.192. The van der Waals surface area contributed by atoms with E-state index in [1.807, 2.05) is 0 Å². The number of hydrogen-bond donors (Lipinski definition) is 1. The minimum Gasteiger partial charge on any atom is -0.394 e. The summed E-state index contributed by atoms with van der Waals surface area (Å²) in [5.41, 5.74) is 0. The highest BCUT2D eigenvalue weighted by atomic mass is 32.2. The molecule has 6 heavy (non-hydrogen) atoms. The van der Waals surface area contributed by atoms with Crippen molar-refractivity contribution in [3.63, 3.8) is 0 Å². The quantitative estimate of drug-likeness (QED) is 0.418. The van der Waals surface area contributed by atoms with Crippen LogP contribution in [0.3, 0.4) is 0 Å². The molecule has 0 aliphatic carbocycles. The van der Waals surface area contributed by atoms with E-state index in [4.69, 9.17) is 6.99 Å². The molecule has 0 saturated heterocycles. The second-order valence-electron chi connectivity index (χ2n) is 0.644. The predicted octanol–water partition coefficient (Wildman–Crippen LogP) is 0.273. The van der Waals surface area contributed by atoms with E-state index in [0.717, 1.165) is 12.0 Å². The maximum absolute atomic E-state index is 6.59. The van der Waals surface area contributed by atoms with Gasteiger partial charge in [-0.2, -0.15) is 0 Å². The SMILES string of the molecule is [3H]CSOCCO[3H]. The van der Waals surface area contributed by atoms with Crippen molar-refractivity contribution in [2.75, 3.05) is 19.4 Å². The van der Waals surface area contributed by atoms with Gasteiger partial charge in [-0.25, -0.2) is 0 Å². The summed E-state index contributed by atoms with van der Waals surface area (Å²) in [6, 6.07) is 0. The van der Waals surface area contributed by atoms with Crippen molar-refractivity contribution < 1.29 is 10.7 Å². The van der Waals surface area contributed by atoms with Gasteiger partial charge in [0.15, 0.2) is 0 Å². The molecule has 0 bridgehead atoms. The van der Waals surface area contributed by atoms with E-state index in [2.05, 4.69) is 5.11 Å². The zero-order valence-corrected chi connectivity index (χ0v) is 4.16. The molecule has 0 aliphatic heterocycles. The van der Waals surface area contributed by atoms with Crippen LogP contribution in [0.25, 0.3) is 0 Å². The zero-order chi connectivity index (χ0) is 6.24. The van der Waals surface area contributed by atoms with Crippen LogP contribution in [0.5, 0.6) is 0 Å². The molecule has 0 aromatic carbocycles. The highest BCUT2D eigenvalue weighted by Gasteiger charge is 1.74. The lowest BCUT2D eigenvalue weighted by Gasteiger charge is -1.89. The molecule has 0 saturated carbocycles. The lowest BCUT2D eigenvalue weighted by Crippen LogP contribution is -1.90. The number of aliphatic hydroxyl groups excluding tert-OH is 1. The molecule has 0 amide bonds. The van der Waals surface area contributed by atoms with E-state index in [9.17, 15) is 0 Å². The maximum Gasteiger partial charge on any atom is 0.210 e. The first-order valence-corrected chi connectivity index (χ1v) is 2.44. The maximum atomic E-state index is 6.59. The van der Waals surface area contributed by atoms with Gasteiger partial charge in [-0.15, -0.1) is 0 Å². The summed E-state index contributed by atoms with van der Waals surface area (Å²) in [4.78, 5) is 0. The second kappa shape index (κ2) is 5.27. The Morgan fingerprint density at radius 3 is 4.00 bits per heavy atom. The van der Waals surface area contributed by atoms with Crippen molar-refractivity contribution >= 4 is 12.0 Å². The summed E-state index contributed by atoms with van der Waals surface area (Å²) < 4.78 is 17.5. The van der Waals surface area contributed by atoms with E-state index in [1.165, 1.54) is 0 Å². The van der Waals surface area contributed by atoms with Crippen LogP contribution in [0.4, 0.5) is 0 Å². The molecule has 0 unspecified atom stereocenters.